The van der Waals surface area contributed by atoms with Gasteiger partial charge in [-0.25, -0.2) is 0 Å². The van der Waals surface area contributed by atoms with E-state index in [2.05, 4.69) is 30.0 Å². The Labute approximate surface area is 110 Å². The van der Waals surface area contributed by atoms with Crippen LogP contribution in [0.4, 0.5) is 5.69 Å². The van der Waals surface area contributed by atoms with Gasteiger partial charge in [-0.05, 0) is 0 Å². The first-order chi connectivity index (χ1) is 7.66. The van der Waals surface area contributed by atoms with Crippen molar-refractivity contribution in [1.29, 1.82) is 0 Å². The summed E-state index contributed by atoms with van der Waals surface area (Å²) in [6, 6.07) is 8.18. The van der Waals surface area contributed by atoms with Crippen molar-refractivity contribution >= 4 is 37.4 Å². The van der Waals surface area contributed by atoms with E-state index in [0.717, 1.165) is 18.1 Å². The van der Waals surface area contributed by atoms with Gasteiger partial charge < -0.3 is 0 Å². The predicted molar refractivity (Wildman–Crippen MR) is 81.1 cm³/mol. The summed E-state index contributed by atoms with van der Waals surface area (Å²) in [5.74, 6) is 0. The molecule has 1 saturated heterocycles. The molecule has 90 valence electrons. The Hall–Kier alpha value is -0.000000000000000111. The molecule has 1 fully saturated rings. The molecule has 2 nitrogen and oxygen atoms in total. The van der Waals surface area contributed by atoms with Crippen molar-refractivity contribution in [3.63, 3.8) is 0 Å². The number of nitrogens with zero attached hydrogens (tertiary/aromatic N) is 2. The molecule has 0 bridgehead atoms. The van der Waals surface area contributed by atoms with Gasteiger partial charge in [-0.1, -0.05) is 0 Å². The Kier molecular flexibility index (Phi) is 4.33. The number of hydrogen-bond donors (Lipinski definition) is 0. The molecule has 0 aromatic heterocycles. The number of anilines is 1. The minimum atomic E-state index is -0.756. The van der Waals surface area contributed by atoms with E-state index >= 15 is 0 Å². The molecule has 1 aliphatic rings. The molecule has 1 aromatic rings. The van der Waals surface area contributed by atoms with Crippen LogP contribution < -0.4 is 4.90 Å². The first kappa shape index (κ1) is 12.5. The van der Waals surface area contributed by atoms with E-state index in [4.69, 9.17) is 11.6 Å². The standard InChI is InChI=1S/C12H18ClIN2/c1-14(2)16-9-7-15(8-10-16)12-5-3-11(13)4-6-12/h3-6H,7-10H2,1-2H3. The molecule has 0 unspecified atom stereocenters. The molecular weight excluding hydrogens is 335 g/mol. The molecular formula is C12H18ClIN2. The third-order valence-electron chi connectivity index (χ3n) is 2.89. The van der Waals surface area contributed by atoms with Gasteiger partial charge in [0.1, 0.15) is 0 Å². The summed E-state index contributed by atoms with van der Waals surface area (Å²) in [5, 5.41) is 0.818. The molecule has 1 aromatic carbocycles. The van der Waals surface area contributed by atoms with Crippen LogP contribution in [0.3, 0.4) is 0 Å². The number of piperazine rings is 1. The Morgan fingerprint density at radius 3 is 2.06 bits per heavy atom. The molecule has 1 aliphatic heterocycles. The van der Waals surface area contributed by atoms with E-state index in [1.807, 2.05) is 12.1 Å². The monoisotopic (exact) mass is 352 g/mol. The van der Waals surface area contributed by atoms with Gasteiger partial charge >= 0.3 is 111 Å². The fourth-order valence-electron chi connectivity index (χ4n) is 1.93. The number of alkyl halides is 2. The van der Waals surface area contributed by atoms with Crippen molar-refractivity contribution in [2.45, 2.75) is 0 Å². The summed E-state index contributed by atoms with van der Waals surface area (Å²) in [5.41, 5.74) is 1.30. The van der Waals surface area contributed by atoms with Crippen molar-refractivity contribution in [1.82, 2.24) is 3.11 Å². The van der Waals surface area contributed by atoms with Crippen LogP contribution >= 0.6 is 31.7 Å². The summed E-state index contributed by atoms with van der Waals surface area (Å²) in [6.45, 7) is 4.75. The zero-order valence-corrected chi connectivity index (χ0v) is 12.7. The fraction of sp³-hybridized carbons (Fsp3) is 0.500. The van der Waals surface area contributed by atoms with E-state index in [1.54, 1.807) is 0 Å². The minimum absolute atomic E-state index is 0.756. The summed E-state index contributed by atoms with van der Waals surface area (Å²) >= 11 is 5.14. The predicted octanol–water partition coefficient (Wildman–Crippen LogP) is 3.14. The van der Waals surface area contributed by atoms with Crippen LogP contribution in [0, 0.1) is 0 Å². The summed E-state index contributed by atoms with van der Waals surface area (Å²) in [4.78, 5) is 7.29. The molecule has 1 heterocycles. The summed E-state index contributed by atoms with van der Waals surface area (Å²) in [6.07, 6.45) is 0. The van der Waals surface area contributed by atoms with Gasteiger partial charge in [-0.3, -0.25) is 0 Å². The third kappa shape index (κ3) is 3.02. The van der Waals surface area contributed by atoms with Crippen LogP contribution in [0.5, 0.6) is 0 Å². The maximum atomic E-state index is 5.89. The maximum absolute atomic E-state index is 5.89. The van der Waals surface area contributed by atoms with Gasteiger partial charge in [0.05, 0.1) is 0 Å². The van der Waals surface area contributed by atoms with Crippen LogP contribution in [0.1, 0.15) is 0 Å². The third-order valence-corrected chi connectivity index (χ3v) is 6.84. The second kappa shape index (κ2) is 5.56. The van der Waals surface area contributed by atoms with Gasteiger partial charge in [0.15, 0.2) is 0 Å². The van der Waals surface area contributed by atoms with Gasteiger partial charge in [0, 0.05) is 0 Å². The van der Waals surface area contributed by atoms with E-state index < -0.39 is 20.1 Å². The summed E-state index contributed by atoms with van der Waals surface area (Å²) in [7, 11) is 0. The first-order valence-corrected chi connectivity index (χ1v) is 11.1. The fourth-order valence-corrected chi connectivity index (χ4v) is 4.42. The van der Waals surface area contributed by atoms with Crippen LogP contribution in [0.2, 0.25) is 5.02 Å². The van der Waals surface area contributed by atoms with Gasteiger partial charge in [-0.2, -0.15) is 0 Å². The Morgan fingerprint density at radius 1 is 1.00 bits per heavy atom. The van der Waals surface area contributed by atoms with Gasteiger partial charge in [0.2, 0.25) is 0 Å². The molecule has 0 spiro atoms. The van der Waals surface area contributed by atoms with Crippen molar-refractivity contribution < 1.29 is 0 Å². The molecule has 2 rings (SSSR count). The first-order valence-electron chi connectivity index (χ1n) is 5.42. The number of halogens is 2. The van der Waals surface area contributed by atoms with Gasteiger partial charge in [0.25, 0.3) is 0 Å². The van der Waals surface area contributed by atoms with Crippen LogP contribution in [-0.2, 0) is 0 Å². The molecule has 0 N–H and O–H groups in total. The average Bonchev–Trinajstić information content (AvgIpc) is 2.30. The van der Waals surface area contributed by atoms with E-state index in [9.17, 15) is 0 Å². The molecule has 0 aliphatic carbocycles. The molecule has 0 atom stereocenters. The zero-order chi connectivity index (χ0) is 11.5. The van der Waals surface area contributed by atoms with Crippen LogP contribution in [-0.4, -0.2) is 39.2 Å². The summed E-state index contributed by atoms with van der Waals surface area (Å²) < 4.78 is 2.68. The van der Waals surface area contributed by atoms with E-state index in [-0.39, 0.29) is 0 Å². The van der Waals surface area contributed by atoms with Crippen molar-refractivity contribution in [2.75, 3.05) is 40.9 Å². The molecule has 16 heavy (non-hydrogen) atoms. The molecule has 0 amide bonds. The Bertz CT molecular complexity index is 331. The van der Waals surface area contributed by atoms with E-state index in [1.165, 1.54) is 18.8 Å². The number of rotatable bonds is 2. The quantitative estimate of drug-likeness (QED) is 0.458. The second-order valence-electron chi connectivity index (χ2n) is 4.09. The van der Waals surface area contributed by atoms with Crippen LogP contribution in [0.15, 0.2) is 24.3 Å². The van der Waals surface area contributed by atoms with Crippen LogP contribution in [0.25, 0.3) is 0 Å². The molecule has 0 saturated carbocycles. The van der Waals surface area contributed by atoms with Crippen molar-refractivity contribution in [2.24, 2.45) is 0 Å². The Balaban J connectivity index is 1.96. The number of hydrogen-bond acceptors (Lipinski definition) is 2. The number of benzene rings is 1. The molecule has 0 radical (unpaired) electrons. The Morgan fingerprint density at radius 2 is 1.56 bits per heavy atom. The second-order valence-corrected chi connectivity index (χ2v) is 9.98. The van der Waals surface area contributed by atoms with Crippen molar-refractivity contribution in [3.8, 4) is 0 Å². The average molecular weight is 353 g/mol. The van der Waals surface area contributed by atoms with Crippen molar-refractivity contribution in [3.05, 3.63) is 29.3 Å². The zero-order valence-electron chi connectivity index (χ0n) is 9.79. The normalized spacial score (nSPS) is 18.7. The SMILES string of the molecule is CI(C)N1CCN(c2ccc(Cl)cc2)CC1. The topological polar surface area (TPSA) is 6.48 Å². The molecule has 4 heteroatoms. The van der Waals surface area contributed by atoms with E-state index in [0.29, 0.717) is 0 Å². The van der Waals surface area contributed by atoms with Gasteiger partial charge in [-0.15, -0.1) is 0 Å².